The molecule has 0 saturated carbocycles. The molecule has 0 atom stereocenters. The number of hydrogen-bond donors (Lipinski definition) is 0. The summed E-state index contributed by atoms with van der Waals surface area (Å²) >= 11 is 1.86. The summed E-state index contributed by atoms with van der Waals surface area (Å²) in [5, 5.41) is 2.60. The maximum Gasteiger partial charge on any atom is 0.160 e. The highest BCUT2D eigenvalue weighted by Gasteiger charge is 2.52. The van der Waals surface area contributed by atoms with Crippen LogP contribution in [-0.4, -0.2) is 9.97 Å². The van der Waals surface area contributed by atoms with Gasteiger partial charge in [-0.3, -0.25) is 0 Å². The van der Waals surface area contributed by atoms with Gasteiger partial charge in [-0.15, -0.1) is 11.3 Å². The topological polar surface area (TPSA) is 29.0 Å². The molecule has 1 spiro atoms. The van der Waals surface area contributed by atoms with Gasteiger partial charge in [-0.2, -0.15) is 0 Å². The third-order valence-corrected chi connectivity index (χ3v) is 14.2. The highest BCUT2D eigenvalue weighted by atomic mass is 32.1. The third kappa shape index (κ3) is 5.38. The van der Waals surface area contributed by atoms with E-state index in [1.54, 1.807) is 0 Å². The molecule has 0 saturated heterocycles. The molecular formula is C59H37N3S. The molecule has 2 aromatic heterocycles. The van der Waals surface area contributed by atoms with Crippen molar-refractivity contribution in [3.05, 3.63) is 247 Å². The summed E-state index contributed by atoms with van der Waals surface area (Å²) in [6.45, 7) is 0. The van der Waals surface area contributed by atoms with Gasteiger partial charge in [-0.05, 0) is 99.1 Å². The molecule has 0 amide bonds. The highest BCUT2D eigenvalue weighted by Crippen LogP contribution is 2.65. The molecule has 63 heavy (non-hydrogen) atoms. The lowest BCUT2D eigenvalue weighted by atomic mass is 9.64. The molecule has 2 aliphatic rings. The van der Waals surface area contributed by atoms with Crippen molar-refractivity contribution in [3.8, 4) is 56.2 Å². The second kappa shape index (κ2) is 14.1. The molecule has 9 aromatic carbocycles. The molecule has 3 nitrogen and oxygen atoms in total. The molecule has 0 radical (unpaired) electrons. The van der Waals surface area contributed by atoms with Crippen LogP contribution in [0.1, 0.15) is 22.3 Å². The zero-order chi connectivity index (χ0) is 41.5. The van der Waals surface area contributed by atoms with Crippen molar-refractivity contribution < 1.29 is 0 Å². The molecule has 0 N–H and O–H groups in total. The van der Waals surface area contributed by atoms with E-state index in [2.05, 4.69) is 223 Å². The van der Waals surface area contributed by atoms with E-state index in [0.29, 0.717) is 5.82 Å². The molecule has 1 aliphatic heterocycles. The molecular weight excluding hydrogens is 783 g/mol. The first-order valence-electron chi connectivity index (χ1n) is 21.5. The first-order valence-corrected chi connectivity index (χ1v) is 22.3. The van der Waals surface area contributed by atoms with Gasteiger partial charge in [0.15, 0.2) is 5.82 Å². The first-order chi connectivity index (χ1) is 31.2. The number of hydrogen-bond acceptors (Lipinski definition) is 4. The van der Waals surface area contributed by atoms with Crippen LogP contribution in [0, 0.1) is 0 Å². The molecule has 0 bridgehead atoms. The van der Waals surface area contributed by atoms with Crippen LogP contribution in [0.5, 0.6) is 0 Å². The molecule has 1 aliphatic carbocycles. The Bertz CT molecular complexity index is 3470. The second-order valence-corrected chi connectivity index (χ2v) is 17.5. The predicted molar refractivity (Wildman–Crippen MR) is 262 cm³/mol. The number of nitrogens with zero attached hydrogens (tertiary/aromatic N) is 3. The fourth-order valence-corrected chi connectivity index (χ4v) is 11.5. The van der Waals surface area contributed by atoms with E-state index in [-0.39, 0.29) is 0 Å². The molecule has 4 heteroatoms. The van der Waals surface area contributed by atoms with Gasteiger partial charge in [0.25, 0.3) is 0 Å². The fourth-order valence-electron chi connectivity index (χ4n) is 10.4. The van der Waals surface area contributed by atoms with Crippen LogP contribution in [-0.2, 0) is 5.41 Å². The monoisotopic (exact) mass is 819 g/mol. The Hall–Kier alpha value is -7.92. The van der Waals surface area contributed by atoms with Crippen molar-refractivity contribution in [1.29, 1.82) is 0 Å². The van der Waals surface area contributed by atoms with E-state index in [1.165, 1.54) is 76.1 Å². The maximum atomic E-state index is 5.44. The summed E-state index contributed by atoms with van der Waals surface area (Å²) in [5.41, 5.74) is 17.6. The number of aromatic nitrogens is 2. The minimum atomic E-state index is -0.622. The normalized spacial score (nSPS) is 13.2. The largest absolute Gasteiger partial charge is 0.310 e. The summed E-state index contributed by atoms with van der Waals surface area (Å²) in [4.78, 5) is 13.1. The van der Waals surface area contributed by atoms with E-state index >= 15 is 0 Å². The number of fused-ring (bicyclic) bond motifs is 12. The third-order valence-electron chi connectivity index (χ3n) is 13.1. The van der Waals surface area contributed by atoms with Gasteiger partial charge in [0.1, 0.15) is 0 Å². The van der Waals surface area contributed by atoms with Crippen molar-refractivity contribution in [2.45, 2.75) is 5.41 Å². The van der Waals surface area contributed by atoms with Gasteiger partial charge < -0.3 is 4.90 Å². The second-order valence-electron chi connectivity index (χ2n) is 16.4. The van der Waals surface area contributed by atoms with Gasteiger partial charge in [-0.1, -0.05) is 170 Å². The summed E-state index contributed by atoms with van der Waals surface area (Å²) in [6.07, 6.45) is 0. The molecule has 294 valence electrons. The van der Waals surface area contributed by atoms with Crippen molar-refractivity contribution >= 4 is 48.6 Å². The summed E-state index contributed by atoms with van der Waals surface area (Å²) < 4.78 is 2.62. The van der Waals surface area contributed by atoms with E-state index in [9.17, 15) is 0 Å². The maximum absolute atomic E-state index is 5.44. The van der Waals surface area contributed by atoms with Crippen molar-refractivity contribution in [2.75, 3.05) is 4.90 Å². The van der Waals surface area contributed by atoms with E-state index < -0.39 is 5.41 Å². The molecule has 3 heterocycles. The standard InChI is InChI=1S/C59H37N3S/c1-4-17-38(18-5-1)51-37-52(61-58(60-51)39-19-6-2-7-20-39)44-24-16-27-50-57(44)46-36-40(41-32-34-56-45(35-41)43-23-10-15-30-55(43)63-56)31-33-47(46)59(50)48-25-11-13-28-53(48)62(42-21-8-3-9-22-42)54-29-14-12-26-49(54)59/h1-37H. The quantitative estimate of drug-likeness (QED) is 0.173. The smallest absolute Gasteiger partial charge is 0.160 e. The Balaban J connectivity index is 1.12. The van der Waals surface area contributed by atoms with Crippen LogP contribution in [0.4, 0.5) is 17.1 Å². The summed E-state index contributed by atoms with van der Waals surface area (Å²) in [6, 6.07) is 81.6. The zero-order valence-electron chi connectivity index (χ0n) is 34.1. The Labute approximate surface area is 369 Å². The van der Waals surface area contributed by atoms with Gasteiger partial charge in [0, 0.05) is 42.6 Å². The lowest BCUT2D eigenvalue weighted by molar-refractivity contribution is 0.753. The number of thiophene rings is 1. The van der Waals surface area contributed by atoms with Crippen LogP contribution in [0.3, 0.4) is 0 Å². The minimum absolute atomic E-state index is 0.622. The first kappa shape index (κ1) is 35.8. The van der Waals surface area contributed by atoms with Crippen LogP contribution in [0.15, 0.2) is 224 Å². The molecule has 0 fully saturated rings. The van der Waals surface area contributed by atoms with Gasteiger partial charge in [0.2, 0.25) is 0 Å². The minimum Gasteiger partial charge on any atom is -0.310 e. The summed E-state index contributed by atoms with van der Waals surface area (Å²) in [5.74, 6) is 0.703. The van der Waals surface area contributed by atoms with Crippen LogP contribution in [0.2, 0.25) is 0 Å². The Morgan fingerprint density at radius 2 is 0.952 bits per heavy atom. The average Bonchev–Trinajstić information content (AvgIpc) is 3.88. The fraction of sp³-hybridized carbons (Fsp3) is 0.0169. The van der Waals surface area contributed by atoms with Crippen molar-refractivity contribution in [3.63, 3.8) is 0 Å². The van der Waals surface area contributed by atoms with Crippen LogP contribution in [0.25, 0.3) is 76.3 Å². The molecule has 0 unspecified atom stereocenters. The Morgan fingerprint density at radius 1 is 0.365 bits per heavy atom. The highest BCUT2D eigenvalue weighted by molar-refractivity contribution is 7.25. The molecule has 11 aromatic rings. The van der Waals surface area contributed by atoms with Crippen LogP contribution >= 0.6 is 11.3 Å². The van der Waals surface area contributed by atoms with E-state index in [0.717, 1.165) is 33.8 Å². The van der Waals surface area contributed by atoms with Crippen molar-refractivity contribution in [2.24, 2.45) is 0 Å². The van der Waals surface area contributed by atoms with Crippen molar-refractivity contribution in [1.82, 2.24) is 9.97 Å². The Kier molecular flexibility index (Phi) is 7.99. The summed E-state index contributed by atoms with van der Waals surface area (Å²) in [7, 11) is 0. The average molecular weight is 820 g/mol. The number of rotatable bonds is 5. The van der Waals surface area contributed by atoms with E-state index in [1.807, 2.05) is 17.4 Å². The van der Waals surface area contributed by atoms with E-state index in [4.69, 9.17) is 9.97 Å². The van der Waals surface area contributed by atoms with Gasteiger partial charge in [0.05, 0.1) is 28.2 Å². The zero-order valence-corrected chi connectivity index (χ0v) is 34.9. The van der Waals surface area contributed by atoms with Gasteiger partial charge in [-0.25, -0.2) is 9.97 Å². The number of benzene rings is 9. The number of anilines is 3. The SMILES string of the molecule is c1ccc(-c2cc(-c3cccc4c3-c3cc(-c5ccc6sc7ccccc7c6c5)ccc3C43c4ccccc4N(c4ccccc4)c4ccccc43)nc(-c3ccccc3)n2)cc1. The lowest BCUT2D eigenvalue weighted by Gasteiger charge is -2.45. The molecule has 13 rings (SSSR count). The number of para-hydroxylation sites is 3. The lowest BCUT2D eigenvalue weighted by Crippen LogP contribution is -2.36. The van der Waals surface area contributed by atoms with Gasteiger partial charge >= 0.3 is 0 Å². The predicted octanol–water partition coefficient (Wildman–Crippen LogP) is 15.7. The Morgan fingerprint density at radius 3 is 1.71 bits per heavy atom. The van der Waals surface area contributed by atoms with Crippen LogP contribution < -0.4 is 4.90 Å².